The Labute approximate surface area is 135 Å². The van der Waals surface area contributed by atoms with Crippen LogP contribution in [-0.4, -0.2) is 26.2 Å². The van der Waals surface area contributed by atoms with E-state index in [1.807, 2.05) is 6.07 Å². The lowest BCUT2D eigenvalue weighted by Crippen LogP contribution is -2.14. The number of rotatable bonds is 4. The summed E-state index contributed by atoms with van der Waals surface area (Å²) >= 11 is 1.07. The lowest BCUT2D eigenvalue weighted by Gasteiger charge is -2.02. The molecule has 3 aromatic rings. The molecule has 0 saturated heterocycles. The van der Waals surface area contributed by atoms with Crippen molar-refractivity contribution in [3.63, 3.8) is 0 Å². The number of nitrogens with two attached hydrogens (primary N) is 1. The van der Waals surface area contributed by atoms with Crippen molar-refractivity contribution < 1.29 is 9.59 Å². The average molecular weight is 325 g/mol. The van der Waals surface area contributed by atoms with Crippen molar-refractivity contribution in [2.45, 2.75) is 0 Å². The predicted molar refractivity (Wildman–Crippen MR) is 86.1 cm³/mol. The first kappa shape index (κ1) is 14.8. The summed E-state index contributed by atoms with van der Waals surface area (Å²) in [6, 6.07) is 11.5. The van der Waals surface area contributed by atoms with Gasteiger partial charge in [-0.2, -0.15) is 9.36 Å². The molecule has 3 rings (SSSR count). The van der Waals surface area contributed by atoms with Gasteiger partial charge in [-0.3, -0.25) is 19.9 Å². The fourth-order valence-electron chi connectivity index (χ4n) is 1.83. The number of aromatic nitrogens is 3. The second kappa shape index (κ2) is 6.32. The molecule has 114 valence electrons. The number of carbonyl (C=O) groups excluding carboxylic acids is 2. The number of hydrogen-bond acceptors (Lipinski definition) is 6. The number of hydrogen-bond donors (Lipinski definition) is 2. The molecule has 0 aliphatic carbocycles. The maximum atomic E-state index is 12.1. The van der Waals surface area contributed by atoms with Gasteiger partial charge in [-0.1, -0.05) is 6.07 Å². The molecule has 1 aromatic carbocycles. The largest absolute Gasteiger partial charge is 0.366 e. The minimum Gasteiger partial charge on any atom is -0.366 e. The summed E-state index contributed by atoms with van der Waals surface area (Å²) in [7, 11) is 0. The zero-order valence-corrected chi connectivity index (χ0v) is 12.6. The Bertz CT molecular complexity index is 846. The van der Waals surface area contributed by atoms with Gasteiger partial charge in [0.05, 0.1) is 0 Å². The minimum absolute atomic E-state index is 0.343. The Morgan fingerprint density at radius 2 is 1.78 bits per heavy atom. The quantitative estimate of drug-likeness (QED) is 0.761. The zero-order chi connectivity index (χ0) is 16.2. The monoisotopic (exact) mass is 325 g/mol. The summed E-state index contributed by atoms with van der Waals surface area (Å²) in [6.45, 7) is 0. The molecule has 0 bridgehead atoms. The fourth-order valence-corrected chi connectivity index (χ4v) is 2.40. The molecule has 2 heterocycles. The Balaban J connectivity index is 1.73. The topological polar surface area (TPSA) is 111 Å². The Morgan fingerprint density at radius 1 is 1.04 bits per heavy atom. The van der Waals surface area contributed by atoms with E-state index in [0.29, 0.717) is 27.8 Å². The van der Waals surface area contributed by atoms with Crippen LogP contribution in [0.3, 0.4) is 0 Å². The van der Waals surface area contributed by atoms with Crippen molar-refractivity contribution in [3.05, 3.63) is 59.8 Å². The van der Waals surface area contributed by atoms with Crippen LogP contribution in [0.1, 0.15) is 20.7 Å². The number of nitrogens with one attached hydrogen (secondary N) is 1. The van der Waals surface area contributed by atoms with Crippen molar-refractivity contribution in [1.29, 1.82) is 0 Å². The van der Waals surface area contributed by atoms with E-state index in [-0.39, 0.29) is 5.91 Å². The molecular weight excluding hydrogens is 314 g/mol. The molecule has 7 nitrogen and oxygen atoms in total. The first-order chi connectivity index (χ1) is 11.1. The summed E-state index contributed by atoms with van der Waals surface area (Å²) in [5.74, 6) is -0.430. The van der Waals surface area contributed by atoms with E-state index in [2.05, 4.69) is 19.7 Å². The van der Waals surface area contributed by atoms with Crippen LogP contribution in [0.2, 0.25) is 0 Å². The third-order valence-corrected chi connectivity index (χ3v) is 3.60. The number of primary amides is 1. The van der Waals surface area contributed by atoms with E-state index < -0.39 is 5.91 Å². The second-order valence-electron chi connectivity index (χ2n) is 4.53. The van der Waals surface area contributed by atoms with Gasteiger partial charge >= 0.3 is 0 Å². The first-order valence-electron chi connectivity index (χ1n) is 6.60. The maximum Gasteiger partial charge on any atom is 0.257 e. The second-order valence-corrected chi connectivity index (χ2v) is 5.29. The van der Waals surface area contributed by atoms with E-state index in [9.17, 15) is 9.59 Å². The third kappa shape index (κ3) is 3.38. The van der Waals surface area contributed by atoms with Crippen LogP contribution in [0.4, 0.5) is 5.13 Å². The smallest absolute Gasteiger partial charge is 0.257 e. The number of carbonyl (C=O) groups is 2. The van der Waals surface area contributed by atoms with Crippen molar-refractivity contribution in [1.82, 2.24) is 14.3 Å². The summed E-state index contributed by atoms with van der Waals surface area (Å²) < 4.78 is 4.16. The van der Waals surface area contributed by atoms with E-state index in [1.165, 1.54) is 24.3 Å². The lowest BCUT2D eigenvalue weighted by molar-refractivity contribution is 0.0995. The van der Waals surface area contributed by atoms with Crippen molar-refractivity contribution in [3.8, 4) is 11.5 Å². The molecular formula is C15H11N5O2S. The molecule has 0 fully saturated rings. The molecule has 8 heteroatoms. The van der Waals surface area contributed by atoms with Gasteiger partial charge < -0.3 is 5.73 Å². The summed E-state index contributed by atoms with van der Waals surface area (Å²) in [6.07, 6.45) is 1.65. The van der Waals surface area contributed by atoms with E-state index in [0.717, 1.165) is 11.5 Å². The third-order valence-electron chi connectivity index (χ3n) is 2.97. The molecule has 2 amide bonds. The zero-order valence-electron chi connectivity index (χ0n) is 11.8. The molecule has 3 N–H and O–H groups in total. The molecule has 0 saturated carbocycles. The van der Waals surface area contributed by atoms with Gasteiger partial charge in [-0.25, -0.2) is 0 Å². The average Bonchev–Trinajstić information content (AvgIpc) is 3.04. The molecule has 0 aliphatic rings. The SMILES string of the molecule is NC(=O)c1ccc(C(=O)Nc2nc(-c3ccccn3)ns2)cc1. The predicted octanol–water partition coefficient (Wildman–Crippen LogP) is 1.95. The first-order valence-corrected chi connectivity index (χ1v) is 7.37. The van der Waals surface area contributed by atoms with Crippen LogP contribution in [0.15, 0.2) is 48.7 Å². The van der Waals surface area contributed by atoms with Crippen LogP contribution in [0, 0.1) is 0 Å². The van der Waals surface area contributed by atoms with Crippen LogP contribution in [0.25, 0.3) is 11.5 Å². The number of pyridine rings is 1. The summed E-state index contributed by atoms with van der Waals surface area (Å²) in [5.41, 5.74) is 6.53. The Hall–Kier alpha value is -3.13. The van der Waals surface area contributed by atoms with Crippen LogP contribution >= 0.6 is 11.5 Å². The number of nitrogens with zero attached hydrogens (tertiary/aromatic N) is 3. The Kier molecular flexibility index (Phi) is 4.07. The molecule has 0 spiro atoms. The van der Waals surface area contributed by atoms with E-state index in [1.54, 1.807) is 18.3 Å². The summed E-state index contributed by atoms with van der Waals surface area (Å²) in [4.78, 5) is 31.5. The van der Waals surface area contributed by atoms with Crippen molar-refractivity contribution in [2.75, 3.05) is 5.32 Å². The van der Waals surface area contributed by atoms with Gasteiger partial charge in [0.25, 0.3) is 5.91 Å². The Morgan fingerprint density at radius 3 is 2.43 bits per heavy atom. The molecule has 0 radical (unpaired) electrons. The van der Waals surface area contributed by atoms with Gasteiger partial charge in [0.15, 0.2) is 5.82 Å². The highest BCUT2D eigenvalue weighted by Crippen LogP contribution is 2.19. The van der Waals surface area contributed by atoms with Gasteiger partial charge in [0, 0.05) is 28.9 Å². The van der Waals surface area contributed by atoms with Gasteiger partial charge in [0.2, 0.25) is 11.0 Å². The van der Waals surface area contributed by atoms with Crippen molar-refractivity contribution in [2.24, 2.45) is 5.73 Å². The molecule has 0 unspecified atom stereocenters. The highest BCUT2D eigenvalue weighted by atomic mass is 32.1. The van der Waals surface area contributed by atoms with Gasteiger partial charge in [-0.05, 0) is 36.4 Å². The summed E-state index contributed by atoms with van der Waals surface area (Å²) in [5, 5.41) is 3.03. The fraction of sp³-hybridized carbons (Fsp3) is 0. The van der Waals surface area contributed by atoms with Crippen LogP contribution < -0.4 is 11.1 Å². The minimum atomic E-state index is -0.541. The molecule has 23 heavy (non-hydrogen) atoms. The standard InChI is InChI=1S/C15H11N5O2S/c16-12(21)9-4-6-10(7-5-9)14(22)19-15-18-13(20-23-15)11-3-1-2-8-17-11/h1-8H,(H2,16,21)(H,18,19,20,22). The maximum absolute atomic E-state index is 12.1. The number of anilines is 1. The lowest BCUT2D eigenvalue weighted by atomic mass is 10.1. The highest BCUT2D eigenvalue weighted by Gasteiger charge is 2.12. The number of amides is 2. The van der Waals surface area contributed by atoms with E-state index >= 15 is 0 Å². The molecule has 0 atom stereocenters. The van der Waals surface area contributed by atoms with Crippen LogP contribution in [-0.2, 0) is 0 Å². The van der Waals surface area contributed by atoms with Crippen molar-refractivity contribution >= 4 is 28.5 Å². The van der Waals surface area contributed by atoms with Gasteiger partial charge in [-0.15, -0.1) is 0 Å². The molecule has 2 aromatic heterocycles. The van der Waals surface area contributed by atoms with Crippen LogP contribution in [0.5, 0.6) is 0 Å². The number of benzene rings is 1. The van der Waals surface area contributed by atoms with Gasteiger partial charge in [0.1, 0.15) is 5.69 Å². The highest BCUT2D eigenvalue weighted by molar-refractivity contribution is 7.10. The van der Waals surface area contributed by atoms with E-state index in [4.69, 9.17) is 5.73 Å². The molecule has 0 aliphatic heterocycles. The normalized spacial score (nSPS) is 10.3.